The van der Waals surface area contributed by atoms with Crippen molar-refractivity contribution in [2.24, 2.45) is 0 Å². The molecule has 46 heavy (non-hydrogen) atoms. The zero-order valence-corrected chi connectivity index (χ0v) is 27.6. The minimum atomic E-state index is 0.0834. The summed E-state index contributed by atoms with van der Waals surface area (Å²) in [6, 6.07) is 41.5. The van der Waals surface area contributed by atoms with Gasteiger partial charge < -0.3 is 0 Å². The molecule has 0 spiro atoms. The van der Waals surface area contributed by atoms with Gasteiger partial charge in [0.25, 0.3) is 0 Å². The SMILES string of the molecule is CC(=O)Sc1ccc(C#Cc2ccc(CCc3ccc(CCc4ccc(C#Cc5ccc(SC(C)=O)cc5)cc4)cc3)cc2)cc1. The van der Waals surface area contributed by atoms with Gasteiger partial charge in [-0.25, -0.2) is 0 Å². The van der Waals surface area contributed by atoms with Crippen LogP contribution in [0.15, 0.2) is 131 Å². The molecular formula is C42H34O2S2. The third-order valence-electron chi connectivity index (χ3n) is 7.27. The normalized spacial score (nSPS) is 10.3. The van der Waals surface area contributed by atoms with Crippen LogP contribution in [0.4, 0.5) is 0 Å². The molecule has 5 aromatic rings. The van der Waals surface area contributed by atoms with Crippen molar-refractivity contribution in [3.8, 4) is 23.7 Å². The first-order chi connectivity index (χ1) is 22.4. The molecular weight excluding hydrogens is 601 g/mol. The van der Waals surface area contributed by atoms with Crippen LogP contribution in [0.25, 0.3) is 0 Å². The molecule has 0 aromatic heterocycles. The maximum atomic E-state index is 11.2. The number of hydrogen-bond donors (Lipinski definition) is 0. The highest BCUT2D eigenvalue weighted by Crippen LogP contribution is 2.20. The minimum absolute atomic E-state index is 0.0834. The van der Waals surface area contributed by atoms with Crippen molar-refractivity contribution < 1.29 is 9.59 Å². The topological polar surface area (TPSA) is 34.1 Å². The van der Waals surface area contributed by atoms with Gasteiger partial charge in [-0.1, -0.05) is 95.7 Å². The Morgan fingerprint density at radius 3 is 0.848 bits per heavy atom. The lowest BCUT2D eigenvalue weighted by molar-refractivity contribution is -0.109. The first-order valence-electron chi connectivity index (χ1n) is 15.2. The second kappa shape index (κ2) is 16.5. The summed E-state index contributed by atoms with van der Waals surface area (Å²) in [4.78, 5) is 24.4. The van der Waals surface area contributed by atoms with Crippen molar-refractivity contribution in [3.05, 3.63) is 166 Å². The van der Waals surface area contributed by atoms with E-state index in [9.17, 15) is 9.59 Å². The van der Waals surface area contributed by atoms with Crippen LogP contribution in [0, 0.1) is 23.7 Å². The van der Waals surface area contributed by atoms with Gasteiger partial charge in [0, 0.05) is 45.9 Å². The van der Waals surface area contributed by atoms with Crippen molar-refractivity contribution in [2.75, 3.05) is 0 Å². The lowest BCUT2D eigenvalue weighted by atomic mass is 9.99. The Labute approximate surface area is 281 Å². The predicted octanol–water partition coefficient (Wildman–Crippen LogP) is 9.33. The van der Waals surface area contributed by atoms with Crippen LogP contribution in [-0.4, -0.2) is 10.2 Å². The summed E-state index contributed by atoms with van der Waals surface area (Å²) < 4.78 is 0. The standard InChI is InChI=1S/C42H34O2S2/c1-31(43)45-41-27-23-39(24-28-41)21-19-37-15-11-35(12-16-37)9-7-33-3-5-34(6-4-33)8-10-36-13-17-38(18-14-36)20-22-40-25-29-42(30-26-40)46-32(2)44/h3-6,11-18,23-30H,7-10H2,1-2H3. The molecule has 0 fully saturated rings. The van der Waals surface area contributed by atoms with Gasteiger partial charge in [-0.2, -0.15) is 0 Å². The van der Waals surface area contributed by atoms with E-state index in [0.717, 1.165) is 57.7 Å². The maximum absolute atomic E-state index is 11.2. The molecule has 0 bridgehead atoms. The number of carbonyl (C=O) groups excluding carboxylic acids is 2. The summed E-state index contributed by atoms with van der Waals surface area (Å²) in [5.74, 6) is 12.9. The molecule has 2 nitrogen and oxygen atoms in total. The van der Waals surface area contributed by atoms with Crippen molar-refractivity contribution in [1.29, 1.82) is 0 Å². The summed E-state index contributed by atoms with van der Waals surface area (Å²) in [6.07, 6.45) is 3.98. The molecule has 0 heterocycles. The van der Waals surface area contributed by atoms with Gasteiger partial charge in [-0.15, -0.1) is 0 Å². The van der Waals surface area contributed by atoms with Gasteiger partial charge in [0.2, 0.25) is 0 Å². The maximum Gasteiger partial charge on any atom is 0.190 e. The Morgan fingerprint density at radius 1 is 0.391 bits per heavy atom. The average Bonchev–Trinajstić information content (AvgIpc) is 3.07. The molecule has 5 aromatic carbocycles. The molecule has 226 valence electrons. The van der Waals surface area contributed by atoms with E-state index < -0.39 is 0 Å². The fourth-order valence-electron chi connectivity index (χ4n) is 4.79. The van der Waals surface area contributed by atoms with Gasteiger partial charge >= 0.3 is 0 Å². The summed E-state index contributed by atoms with van der Waals surface area (Å²) in [5, 5.41) is 0.167. The third-order valence-corrected chi connectivity index (χ3v) is 8.86. The molecule has 5 rings (SSSR count). The largest absolute Gasteiger partial charge is 0.287 e. The highest BCUT2D eigenvalue weighted by molar-refractivity contribution is 8.13. The molecule has 0 aliphatic heterocycles. The lowest BCUT2D eigenvalue weighted by Crippen LogP contribution is -1.94. The molecule has 0 N–H and O–H groups in total. The van der Waals surface area contributed by atoms with Crippen LogP contribution in [0.5, 0.6) is 0 Å². The van der Waals surface area contributed by atoms with E-state index in [1.165, 1.54) is 45.8 Å². The molecule has 0 aliphatic rings. The van der Waals surface area contributed by atoms with Crippen LogP contribution >= 0.6 is 23.5 Å². The number of hydrogen-bond acceptors (Lipinski definition) is 4. The quantitative estimate of drug-likeness (QED) is 0.126. The van der Waals surface area contributed by atoms with Crippen molar-refractivity contribution >= 4 is 33.8 Å². The highest BCUT2D eigenvalue weighted by Gasteiger charge is 2.02. The van der Waals surface area contributed by atoms with Gasteiger partial charge in [0.15, 0.2) is 10.2 Å². The molecule has 0 atom stereocenters. The second-order valence-corrected chi connectivity index (χ2v) is 13.4. The van der Waals surface area contributed by atoms with Gasteiger partial charge in [-0.05, 0) is 121 Å². The van der Waals surface area contributed by atoms with Crippen molar-refractivity contribution in [1.82, 2.24) is 0 Å². The Bertz CT molecular complexity index is 1750. The number of carbonyl (C=O) groups is 2. The van der Waals surface area contributed by atoms with E-state index in [2.05, 4.69) is 96.5 Å². The summed E-state index contributed by atoms with van der Waals surface area (Å²) >= 11 is 2.47. The minimum Gasteiger partial charge on any atom is -0.287 e. The van der Waals surface area contributed by atoms with E-state index in [-0.39, 0.29) is 10.2 Å². The molecule has 0 saturated heterocycles. The van der Waals surface area contributed by atoms with E-state index in [1.807, 2.05) is 48.5 Å². The first-order valence-corrected chi connectivity index (χ1v) is 16.9. The van der Waals surface area contributed by atoms with Gasteiger partial charge in [0.1, 0.15) is 0 Å². The number of thioether (sulfide) groups is 2. The molecule has 0 saturated carbocycles. The van der Waals surface area contributed by atoms with Gasteiger partial charge in [0.05, 0.1) is 0 Å². The zero-order chi connectivity index (χ0) is 32.1. The van der Waals surface area contributed by atoms with Crippen LogP contribution in [0.2, 0.25) is 0 Å². The summed E-state index contributed by atoms with van der Waals surface area (Å²) in [6.45, 7) is 3.14. The Hall–Kier alpha value is -4.74. The van der Waals surface area contributed by atoms with E-state index in [1.54, 1.807) is 13.8 Å². The van der Waals surface area contributed by atoms with Crippen LogP contribution in [-0.2, 0) is 35.3 Å². The van der Waals surface area contributed by atoms with Crippen LogP contribution in [0.1, 0.15) is 58.4 Å². The van der Waals surface area contributed by atoms with Gasteiger partial charge in [-0.3, -0.25) is 9.59 Å². The average molecular weight is 635 g/mol. The Kier molecular flexibility index (Phi) is 11.7. The first kappa shape index (κ1) is 32.6. The number of benzene rings is 5. The highest BCUT2D eigenvalue weighted by atomic mass is 32.2. The second-order valence-electron chi connectivity index (χ2n) is 10.9. The molecule has 0 radical (unpaired) electrons. The van der Waals surface area contributed by atoms with Crippen LogP contribution in [0.3, 0.4) is 0 Å². The third kappa shape index (κ3) is 10.7. The Balaban J connectivity index is 1.05. The molecule has 0 unspecified atom stereocenters. The van der Waals surface area contributed by atoms with Crippen LogP contribution < -0.4 is 0 Å². The number of rotatable bonds is 8. The predicted molar refractivity (Wildman–Crippen MR) is 192 cm³/mol. The molecule has 0 amide bonds. The van der Waals surface area contributed by atoms with E-state index in [4.69, 9.17) is 0 Å². The summed E-state index contributed by atoms with van der Waals surface area (Å²) in [7, 11) is 0. The summed E-state index contributed by atoms with van der Waals surface area (Å²) in [5.41, 5.74) is 9.14. The number of aryl methyl sites for hydroxylation is 4. The Morgan fingerprint density at radius 2 is 0.609 bits per heavy atom. The fourth-order valence-corrected chi connectivity index (χ4v) is 6.00. The van der Waals surface area contributed by atoms with Crippen molar-refractivity contribution in [2.45, 2.75) is 49.3 Å². The smallest absolute Gasteiger partial charge is 0.190 e. The van der Waals surface area contributed by atoms with E-state index in [0.29, 0.717) is 0 Å². The molecule has 0 aliphatic carbocycles. The van der Waals surface area contributed by atoms with E-state index >= 15 is 0 Å². The molecule has 4 heteroatoms. The lowest BCUT2D eigenvalue weighted by Gasteiger charge is -2.06. The zero-order valence-electron chi connectivity index (χ0n) is 26.0. The fraction of sp³-hybridized carbons (Fsp3) is 0.143. The van der Waals surface area contributed by atoms with Crippen molar-refractivity contribution in [3.63, 3.8) is 0 Å². The monoisotopic (exact) mass is 634 g/mol.